The Kier molecular flexibility index (Phi) is 9.15. The van der Waals surface area contributed by atoms with Crippen LogP contribution in [-0.2, 0) is 12.8 Å². The Morgan fingerprint density at radius 2 is 0.646 bits per heavy atom. The van der Waals surface area contributed by atoms with Gasteiger partial charge in [-0.25, -0.2) is 0 Å². The average molecular weight is 621 g/mol. The van der Waals surface area contributed by atoms with Gasteiger partial charge in [-0.15, -0.1) is 0 Å². The first-order chi connectivity index (χ1) is 23.6. The van der Waals surface area contributed by atoms with Crippen molar-refractivity contribution >= 4 is 34.1 Å². The van der Waals surface area contributed by atoms with Gasteiger partial charge >= 0.3 is 0 Å². The first-order valence-corrected chi connectivity index (χ1v) is 16.7. The SMILES string of the molecule is Cc1cc(CCc2ccc(N(c3ccccc3)c3ccccc3)cc2)ccc1-c1ccc(N(c2ccccc2)c2ccccc2)cc1C. The fourth-order valence-corrected chi connectivity index (χ4v) is 6.58. The van der Waals surface area contributed by atoms with Crippen LogP contribution in [0.15, 0.2) is 182 Å². The quantitative estimate of drug-likeness (QED) is 0.150. The van der Waals surface area contributed by atoms with Crippen LogP contribution in [0, 0.1) is 13.8 Å². The van der Waals surface area contributed by atoms with Crippen LogP contribution in [0.1, 0.15) is 22.3 Å². The third kappa shape index (κ3) is 6.79. The first-order valence-electron chi connectivity index (χ1n) is 16.7. The van der Waals surface area contributed by atoms with E-state index in [1.807, 2.05) is 0 Å². The second-order valence-corrected chi connectivity index (χ2v) is 12.3. The summed E-state index contributed by atoms with van der Waals surface area (Å²) in [5.41, 5.74) is 14.8. The summed E-state index contributed by atoms with van der Waals surface area (Å²) in [6.07, 6.45) is 2.00. The molecule has 0 amide bonds. The molecule has 0 bridgehead atoms. The van der Waals surface area contributed by atoms with Crippen molar-refractivity contribution in [3.8, 4) is 11.1 Å². The third-order valence-corrected chi connectivity index (χ3v) is 9.00. The number of aryl methyl sites for hydroxylation is 4. The minimum atomic E-state index is 0.998. The molecular weight excluding hydrogens is 581 g/mol. The molecule has 7 aromatic rings. The normalized spacial score (nSPS) is 10.9. The van der Waals surface area contributed by atoms with Crippen molar-refractivity contribution in [2.75, 3.05) is 9.80 Å². The van der Waals surface area contributed by atoms with Crippen LogP contribution in [0.25, 0.3) is 11.1 Å². The van der Waals surface area contributed by atoms with Gasteiger partial charge in [0.05, 0.1) is 0 Å². The van der Waals surface area contributed by atoms with Gasteiger partial charge in [-0.05, 0) is 133 Å². The zero-order valence-corrected chi connectivity index (χ0v) is 27.6. The van der Waals surface area contributed by atoms with Crippen molar-refractivity contribution in [1.29, 1.82) is 0 Å². The van der Waals surface area contributed by atoms with Crippen LogP contribution in [0.3, 0.4) is 0 Å². The maximum Gasteiger partial charge on any atom is 0.0464 e. The van der Waals surface area contributed by atoms with Gasteiger partial charge in [-0.1, -0.05) is 109 Å². The van der Waals surface area contributed by atoms with Gasteiger partial charge in [-0.3, -0.25) is 0 Å². The molecule has 0 N–H and O–H groups in total. The van der Waals surface area contributed by atoms with Crippen molar-refractivity contribution in [2.24, 2.45) is 0 Å². The van der Waals surface area contributed by atoms with Crippen LogP contribution in [0.5, 0.6) is 0 Å². The zero-order valence-electron chi connectivity index (χ0n) is 27.6. The summed E-state index contributed by atoms with van der Waals surface area (Å²) in [5.74, 6) is 0. The fraction of sp³-hybridized carbons (Fsp3) is 0.0870. The molecule has 2 heteroatoms. The summed E-state index contributed by atoms with van der Waals surface area (Å²) >= 11 is 0. The van der Waals surface area contributed by atoms with E-state index in [1.165, 1.54) is 33.4 Å². The minimum absolute atomic E-state index is 0.998. The summed E-state index contributed by atoms with van der Waals surface area (Å²) in [7, 11) is 0. The molecule has 0 aliphatic rings. The third-order valence-electron chi connectivity index (χ3n) is 9.00. The molecule has 0 atom stereocenters. The number of nitrogens with zero attached hydrogens (tertiary/aromatic N) is 2. The Bertz CT molecular complexity index is 1990. The molecule has 0 saturated heterocycles. The molecule has 7 rings (SSSR count). The van der Waals surface area contributed by atoms with Crippen LogP contribution < -0.4 is 9.80 Å². The summed E-state index contributed by atoms with van der Waals surface area (Å²) in [6.45, 7) is 4.46. The van der Waals surface area contributed by atoms with Crippen molar-refractivity contribution in [3.05, 3.63) is 204 Å². The van der Waals surface area contributed by atoms with E-state index >= 15 is 0 Å². The number of hydrogen-bond acceptors (Lipinski definition) is 2. The second-order valence-electron chi connectivity index (χ2n) is 12.3. The molecule has 234 valence electrons. The lowest BCUT2D eigenvalue weighted by Gasteiger charge is -2.26. The van der Waals surface area contributed by atoms with Gasteiger partial charge in [-0.2, -0.15) is 0 Å². The van der Waals surface area contributed by atoms with E-state index < -0.39 is 0 Å². The van der Waals surface area contributed by atoms with E-state index in [9.17, 15) is 0 Å². The molecular formula is C46H40N2. The summed E-state index contributed by atoms with van der Waals surface area (Å²) in [4.78, 5) is 4.63. The van der Waals surface area contributed by atoms with Crippen molar-refractivity contribution in [1.82, 2.24) is 0 Å². The molecule has 0 spiro atoms. The Labute approximate surface area is 285 Å². The summed E-state index contributed by atoms with van der Waals surface area (Å²) < 4.78 is 0. The molecule has 0 unspecified atom stereocenters. The molecule has 0 heterocycles. The summed E-state index contributed by atoms with van der Waals surface area (Å²) in [5, 5.41) is 0. The molecule has 2 nitrogen and oxygen atoms in total. The molecule has 0 radical (unpaired) electrons. The van der Waals surface area contributed by atoms with Crippen LogP contribution in [0.2, 0.25) is 0 Å². The van der Waals surface area contributed by atoms with E-state index in [1.54, 1.807) is 0 Å². The van der Waals surface area contributed by atoms with E-state index in [0.29, 0.717) is 0 Å². The molecule has 0 aliphatic heterocycles. The Balaban J connectivity index is 1.07. The van der Waals surface area contributed by atoms with Crippen molar-refractivity contribution < 1.29 is 0 Å². The predicted molar refractivity (Wildman–Crippen MR) is 205 cm³/mol. The van der Waals surface area contributed by atoms with Gasteiger partial charge in [0.25, 0.3) is 0 Å². The number of benzene rings is 7. The van der Waals surface area contributed by atoms with E-state index in [0.717, 1.165) is 47.0 Å². The van der Waals surface area contributed by atoms with Crippen LogP contribution in [0.4, 0.5) is 34.1 Å². The zero-order chi connectivity index (χ0) is 32.7. The van der Waals surface area contributed by atoms with E-state index in [2.05, 4.69) is 206 Å². The highest BCUT2D eigenvalue weighted by Gasteiger charge is 2.15. The van der Waals surface area contributed by atoms with Gasteiger partial charge in [0.15, 0.2) is 0 Å². The summed E-state index contributed by atoms with van der Waals surface area (Å²) in [6, 6.07) is 65.1. The number of para-hydroxylation sites is 4. The fourth-order valence-electron chi connectivity index (χ4n) is 6.58. The van der Waals surface area contributed by atoms with Crippen molar-refractivity contribution in [3.63, 3.8) is 0 Å². The molecule has 0 aliphatic carbocycles. The van der Waals surface area contributed by atoms with E-state index in [-0.39, 0.29) is 0 Å². The minimum Gasteiger partial charge on any atom is -0.311 e. The number of rotatable bonds is 10. The Morgan fingerprint density at radius 3 is 1.08 bits per heavy atom. The monoisotopic (exact) mass is 620 g/mol. The van der Waals surface area contributed by atoms with Gasteiger partial charge in [0, 0.05) is 34.1 Å². The molecule has 0 fully saturated rings. The lowest BCUT2D eigenvalue weighted by atomic mass is 9.93. The van der Waals surface area contributed by atoms with Crippen molar-refractivity contribution in [2.45, 2.75) is 26.7 Å². The van der Waals surface area contributed by atoms with Gasteiger partial charge in [0.2, 0.25) is 0 Å². The van der Waals surface area contributed by atoms with Gasteiger partial charge < -0.3 is 9.80 Å². The second kappa shape index (κ2) is 14.3. The maximum absolute atomic E-state index is 2.36. The number of anilines is 6. The molecule has 7 aromatic carbocycles. The molecule has 48 heavy (non-hydrogen) atoms. The standard InChI is InChI=1S/C46H40N2/c1-35-33-38(24-23-37-25-28-43(29-26-37)47(39-15-7-3-8-16-39)40-17-9-4-10-18-40)27-31-45(35)46-32-30-44(34-36(46)2)48(41-19-11-5-12-20-41)42-21-13-6-14-22-42/h3-22,25-34H,23-24H2,1-2H3. The van der Waals surface area contributed by atoms with Crippen LogP contribution >= 0.6 is 0 Å². The number of hydrogen-bond donors (Lipinski definition) is 0. The molecule has 0 saturated carbocycles. The lowest BCUT2D eigenvalue weighted by molar-refractivity contribution is 0.958. The lowest BCUT2D eigenvalue weighted by Crippen LogP contribution is -2.10. The smallest absolute Gasteiger partial charge is 0.0464 e. The van der Waals surface area contributed by atoms with Crippen LogP contribution in [-0.4, -0.2) is 0 Å². The Hall–Kier alpha value is -5.86. The highest BCUT2D eigenvalue weighted by Crippen LogP contribution is 2.38. The Morgan fingerprint density at radius 1 is 0.312 bits per heavy atom. The highest BCUT2D eigenvalue weighted by molar-refractivity contribution is 5.80. The average Bonchev–Trinajstić information content (AvgIpc) is 3.14. The maximum atomic E-state index is 2.36. The predicted octanol–water partition coefficient (Wildman–Crippen LogP) is 12.7. The first kappa shape index (κ1) is 30.8. The topological polar surface area (TPSA) is 6.48 Å². The van der Waals surface area contributed by atoms with Gasteiger partial charge in [0.1, 0.15) is 0 Å². The highest BCUT2D eigenvalue weighted by atomic mass is 15.1. The molecule has 0 aromatic heterocycles. The van der Waals surface area contributed by atoms with E-state index in [4.69, 9.17) is 0 Å². The largest absolute Gasteiger partial charge is 0.311 e.